The van der Waals surface area contributed by atoms with Crippen LogP contribution in [0.4, 0.5) is 11.4 Å². The van der Waals surface area contributed by atoms with Crippen molar-refractivity contribution in [3.8, 4) is 0 Å². The molecule has 0 aliphatic rings. The molecule has 7 nitrogen and oxygen atoms in total. The zero-order valence-corrected chi connectivity index (χ0v) is 12.4. The third-order valence-electron chi connectivity index (χ3n) is 2.90. The number of benzene rings is 1. The molecule has 2 rings (SSSR count). The number of anilines is 1. The second kappa shape index (κ2) is 6.98. The van der Waals surface area contributed by atoms with E-state index >= 15 is 0 Å². The molecule has 0 atom stereocenters. The van der Waals surface area contributed by atoms with Gasteiger partial charge in [0, 0.05) is 19.5 Å². The fourth-order valence-electron chi connectivity index (χ4n) is 1.91. The van der Waals surface area contributed by atoms with E-state index in [2.05, 4.69) is 15.6 Å². The smallest absolute Gasteiger partial charge is 0.319 e. The maximum absolute atomic E-state index is 11.5. The molecule has 0 unspecified atom stereocenters. The SMILES string of the molecule is CCCNC(=O)CCNc1ccc2scnc2c1[N+](=O)[O-]. The summed E-state index contributed by atoms with van der Waals surface area (Å²) in [7, 11) is 0. The highest BCUT2D eigenvalue weighted by molar-refractivity contribution is 7.16. The summed E-state index contributed by atoms with van der Waals surface area (Å²) in [6, 6.07) is 3.45. The summed E-state index contributed by atoms with van der Waals surface area (Å²) >= 11 is 1.36. The summed E-state index contributed by atoms with van der Waals surface area (Å²) in [5.41, 5.74) is 2.31. The third-order valence-corrected chi connectivity index (χ3v) is 3.69. The number of nitrogens with zero attached hydrogens (tertiary/aromatic N) is 2. The molecule has 1 aromatic carbocycles. The lowest BCUT2D eigenvalue weighted by atomic mass is 10.2. The van der Waals surface area contributed by atoms with Gasteiger partial charge < -0.3 is 10.6 Å². The molecular formula is C13H16N4O3S. The monoisotopic (exact) mass is 308 g/mol. The van der Waals surface area contributed by atoms with Crippen LogP contribution in [0, 0.1) is 10.1 Å². The summed E-state index contributed by atoms with van der Waals surface area (Å²) in [5, 5.41) is 16.9. The Hall–Kier alpha value is -2.22. The van der Waals surface area contributed by atoms with E-state index in [1.807, 2.05) is 6.92 Å². The number of nitrogens with one attached hydrogen (secondary N) is 2. The standard InChI is InChI=1S/C13H16N4O3S/c1-2-6-15-11(18)5-7-14-9-3-4-10-12(16-8-21-10)13(9)17(19)20/h3-4,8,14H,2,5-7H2,1H3,(H,15,18). The van der Waals surface area contributed by atoms with Gasteiger partial charge in [0.2, 0.25) is 5.91 Å². The maximum Gasteiger partial charge on any atom is 0.319 e. The summed E-state index contributed by atoms with van der Waals surface area (Å²) in [4.78, 5) is 26.3. The number of nitro benzene ring substituents is 1. The molecule has 21 heavy (non-hydrogen) atoms. The van der Waals surface area contributed by atoms with Gasteiger partial charge in [-0.3, -0.25) is 14.9 Å². The van der Waals surface area contributed by atoms with Crippen LogP contribution >= 0.6 is 11.3 Å². The van der Waals surface area contributed by atoms with Crippen molar-refractivity contribution in [2.75, 3.05) is 18.4 Å². The van der Waals surface area contributed by atoms with Gasteiger partial charge in [-0.1, -0.05) is 6.92 Å². The predicted molar refractivity (Wildman–Crippen MR) is 82.7 cm³/mol. The molecule has 1 aromatic heterocycles. The van der Waals surface area contributed by atoms with Gasteiger partial charge in [-0.15, -0.1) is 11.3 Å². The highest BCUT2D eigenvalue weighted by Crippen LogP contribution is 2.34. The van der Waals surface area contributed by atoms with Gasteiger partial charge in [0.25, 0.3) is 0 Å². The maximum atomic E-state index is 11.5. The number of nitro groups is 1. The fourth-order valence-corrected chi connectivity index (χ4v) is 2.59. The first-order chi connectivity index (χ1) is 10.1. The molecule has 1 heterocycles. The highest BCUT2D eigenvalue weighted by atomic mass is 32.1. The van der Waals surface area contributed by atoms with Crippen LogP contribution in [0.2, 0.25) is 0 Å². The Morgan fingerprint density at radius 1 is 1.43 bits per heavy atom. The van der Waals surface area contributed by atoms with Crippen LogP contribution in [0.25, 0.3) is 10.2 Å². The molecule has 0 saturated carbocycles. The lowest BCUT2D eigenvalue weighted by molar-refractivity contribution is -0.382. The number of amides is 1. The van der Waals surface area contributed by atoms with E-state index in [1.165, 1.54) is 11.3 Å². The summed E-state index contributed by atoms with van der Waals surface area (Å²) in [5.74, 6) is -0.0678. The Morgan fingerprint density at radius 3 is 2.95 bits per heavy atom. The number of hydrogen-bond acceptors (Lipinski definition) is 6. The van der Waals surface area contributed by atoms with E-state index in [1.54, 1.807) is 17.6 Å². The highest BCUT2D eigenvalue weighted by Gasteiger charge is 2.20. The van der Waals surface area contributed by atoms with Crippen LogP contribution in [0.15, 0.2) is 17.6 Å². The number of rotatable bonds is 7. The molecule has 1 amide bonds. The predicted octanol–water partition coefficient (Wildman–Crippen LogP) is 2.53. The number of thiazole rings is 1. The van der Waals surface area contributed by atoms with E-state index in [0.717, 1.165) is 11.1 Å². The molecular weight excluding hydrogens is 292 g/mol. The largest absolute Gasteiger partial charge is 0.379 e. The van der Waals surface area contributed by atoms with Crippen molar-refractivity contribution in [3.05, 3.63) is 27.8 Å². The average Bonchev–Trinajstić information content (AvgIpc) is 2.92. The van der Waals surface area contributed by atoms with Gasteiger partial charge >= 0.3 is 5.69 Å². The Kier molecular flexibility index (Phi) is 5.04. The zero-order valence-electron chi connectivity index (χ0n) is 11.6. The van der Waals surface area contributed by atoms with Crippen LogP contribution < -0.4 is 10.6 Å². The number of hydrogen-bond donors (Lipinski definition) is 2. The van der Waals surface area contributed by atoms with Gasteiger partial charge in [-0.2, -0.15) is 0 Å². The first-order valence-corrected chi connectivity index (χ1v) is 7.52. The average molecular weight is 308 g/mol. The Morgan fingerprint density at radius 2 is 2.24 bits per heavy atom. The topological polar surface area (TPSA) is 97.2 Å². The minimum absolute atomic E-state index is 0.0392. The van der Waals surface area contributed by atoms with Crippen LogP contribution in [0.5, 0.6) is 0 Å². The van der Waals surface area contributed by atoms with E-state index in [-0.39, 0.29) is 18.0 Å². The van der Waals surface area contributed by atoms with Crippen LogP contribution in [0.1, 0.15) is 19.8 Å². The van der Waals surface area contributed by atoms with Crippen molar-refractivity contribution in [1.82, 2.24) is 10.3 Å². The molecule has 2 N–H and O–H groups in total. The normalized spacial score (nSPS) is 10.5. The summed E-state index contributed by atoms with van der Waals surface area (Å²) < 4.78 is 0.771. The van der Waals surface area contributed by atoms with Gasteiger partial charge in [-0.05, 0) is 18.6 Å². The van der Waals surface area contributed by atoms with Gasteiger partial charge in [0.1, 0.15) is 5.69 Å². The molecule has 8 heteroatoms. The molecule has 0 fully saturated rings. The van der Waals surface area contributed by atoms with Crippen molar-refractivity contribution in [2.24, 2.45) is 0 Å². The minimum atomic E-state index is -0.443. The van der Waals surface area contributed by atoms with E-state index in [0.29, 0.717) is 24.3 Å². The van der Waals surface area contributed by atoms with Gasteiger partial charge in [0.05, 0.1) is 15.1 Å². The Labute approximate surface area is 125 Å². The van der Waals surface area contributed by atoms with Crippen LogP contribution in [-0.4, -0.2) is 28.9 Å². The van der Waals surface area contributed by atoms with Crippen molar-refractivity contribution in [2.45, 2.75) is 19.8 Å². The van der Waals surface area contributed by atoms with Crippen molar-refractivity contribution in [3.63, 3.8) is 0 Å². The second-order valence-electron chi connectivity index (χ2n) is 4.44. The van der Waals surface area contributed by atoms with Crippen molar-refractivity contribution < 1.29 is 9.72 Å². The second-order valence-corrected chi connectivity index (χ2v) is 5.33. The minimum Gasteiger partial charge on any atom is -0.379 e. The number of aromatic nitrogens is 1. The molecule has 0 aliphatic heterocycles. The number of carbonyl (C=O) groups excluding carboxylic acids is 1. The van der Waals surface area contributed by atoms with Crippen LogP contribution in [-0.2, 0) is 4.79 Å². The van der Waals surface area contributed by atoms with E-state index in [9.17, 15) is 14.9 Å². The summed E-state index contributed by atoms with van der Waals surface area (Å²) in [6.07, 6.45) is 1.15. The lowest BCUT2D eigenvalue weighted by Gasteiger charge is -2.07. The molecule has 2 aromatic rings. The third kappa shape index (κ3) is 3.66. The Balaban J connectivity index is 2.06. The molecule has 0 saturated heterocycles. The molecule has 0 bridgehead atoms. The van der Waals surface area contributed by atoms with Crippen molar-refractivity contribution >= 4 is 38.8 Å². The molecule has 0 radical (unpaired) electrons. The first kappa shape index (κ1) is 15.2. The zero-order chi connectivity index (χ0) is 15.2. The van der Waals surface area contributed by atoms with Crippen LogP contribution in [0.3, 0.4) is 0 Å². The van der Waals surface area contributed by atoms with Gasteiger partial charge in [0.15, 0.2) is 5.52 Å². The summed E-state index contributed by atoms with van der Waals surface area (Å²) in [6.45, 7) is 2.96. The van der Waals surface area contributed by atoms with Crippen molar-refractivity contribution in [1.29, 1.82) is 0 Å². The Bertz CT molecular complexity index is 656. The van der Waals surface area contributed by atoms with E-state index in [4.69, 9.17) is 0 Å². The molecule has 0 aliphatic carbocycles. The van der Waals surface area contributed by atoms with Gasteiger partial charge in [-0.25, -0.2) is 4.98 Å². The number of fused-ring (bicyclic) bond motifs is 1. The fraction of sp³-hybridized carbons (Fsp3) is 0.385. The molecule has 0 spiro atoms. The lowest BCUT2D eigenvalue weighted by Crippen LogP contribution is -2.25. The quantitative estimate of drug-likeness (QED) is 0.605. The van der Waals surface area contributed by atoms with E-state index < -0.39 is 4.92 Å². The number of carbonyl (C=O) groups is 1. The molecule has 112 valence electrons. The first-order valence-electron chi connectivity index (χ1n) is 6.64.